The number of anilines is 2. The molecule has 0 atom stereocenters. The van der Waals surface area contributed by atoms with Crippen molar-refractivity contribution in [3.63, 3.8) is 0 Å². The number of rotatable bonds is 2. The predicted molar refractivity (Wildman–Crippen MR) is 84.6 cm³/mol. The van der Waals surface area contributed by atoms with Gasteiger partial charge >= 0.3 is 0 Å². The fourth-order valence-electron chi connectivity index (χ4n) is 2.54. The first-order valence-corrected chi connectivity index (χ1v) is 6.63. The van der Waals surface area contributed by atoms with Gasteiger partial charge in [0.05, 0.1) is 0 Å². The molecule has 3 heteroatoms. The van der Waals surface area contributed by atoms with Crippen LogP contribution in [0.3, 0.4) is 0 Å². The molecule has 0 fully saturated rings. The molecule has 3 aromatic rings. The molecule has 2 aromatic carbocycles. The van der Waals surface area contributed by atoms with Crippen LogP contribution in [0.2, 0.25) is 0 Å². The van der Waals surface area contributed by atoms with Crippen LogP contribution in [0.4, 0.5) is 11.6 Å². The van der Waals surface area contributed by atoms with Gasteiger partial charge in [-0.2, -0.15) is 0 Å². The van der Waals surface area contributed by atoms with E-state index in [1.165, 1.54) is 21.9 Å². The Morgan fingerprint density at radius 3 is 2.55 bits per heavy atom. The number of aromatic nitrogens is 1. The van der Waals surface area contributed by atoms with Crippen molar-refractivity contribution < 1.29 is 0 Å². The fraction of sp³-hybridized carbons (Fsp3) is 0.118. The SMILES string of the molecule is Cc1ccc2ccccc2c1Cc1ccc(N)nc1N. The minimum absolute atomic E-state index is 0.459. The third-order valence-electron chi connectivity index (χ3n) is 3.68. The number of aryl methyl sites for hydroxylation is 1. The second-order valence-electron chi connectivity index (χ2n) is 5.04. The van der Waals surface area contributed by atoms with Crippen LogP contribution < -0.4 is 11.5 Å². The second-order valence-corrected chi connectivity index (χ2v) is 5.04. The van der Waals surface area contributed by atoms with Gasteiger partial charge in [-0.1, -0.05) is 42.5 Å². The zero-order valence-corrected chi connectivity index (χ0v) is 11.4. The summed E-state index contributed by atoms with van der Waals surface area (Å²) in [4.78, 5) is 4.14. The normalized spacial score (nSPS) is 10.8. The zero-order valence-electron chi connectivity index (χ0n) is 11.4. The van der Waals surface area contributed by atoms with Crippen LogP contribution in [-0.4, -0.2) is 4.98 Å². The van der Waals surface area contributed by atoms with Crippen molar-refractivity contribution in [3.05, 3.63) is 65.2 Å². The van der Waals surface area contributed by atoms with Gasteiger partial charge in [-0.3, -0.25) is 0 Å². The van der Waals surface area contributed by atoms with E-state index in [1.807, 2.05) is 6.07 Å². The molecule has 0 bridgehead atoms. The van der Waals surface area contributed by atoms with Crippen LogP contribution in [0.15, 0.2) is 48.5 Å². The highest BCUT2D eigenvalue weighted by molar-refractivity contribution is 5.87. The van der Waals surface area contributed by atoms with Crippen LogP contribution in [0.5, 0.6) is 0 Å². The summed E-state index contributed by atoms with van der Waals surface area (Å²) >= 11 is 0. The third-order valence-corrected chi connectivity index (χ3v) is 3.68. The maximum absolute atomic E-state index is 5.97. The Balaban J connectivity index is 2.12. The van der Waals surface area contributed by atoms with Crippen LogP contribution >= 0.6 is 0 Å². The maximum Gasteiger partial charge on any atom is 0.129 e. The number of nitrogen functional groups attached to an aromatic ring is 2. The topological polar surface area (TPSA) is 64.9 Å². The molecule has 0 radical (unpaired) electrons. The number of nitrogens with zero attached hydrogens (tertiary/aromatic N) is 1. The average Bonchev–Trinajstić information content (AvgIpc) is 2.44. The van der Waals surface area contributed by atoms with Gasteiger partial charge in [-0.05, 0) is 40.5 Å². The van der Waals surface area contributed by atoms with Crippen molar-refractivity contribution in [3.8, 4) is 0 Å². The number of hydrogen-bond acceptors (Lipinski definition) is 3. The molecule has 100 valence electrons. The molecule has 3 rings (SSSR count). The van der Waals surface area contributed by atoms with Crippen LogP contribution in [0.25, 0.3) is 10.8 Å². The Hall–Kier alpha value is -2.55. The maximum atomic E-state index is 5.97. The molecule has 1 heterocycles. The summed E-state index contributed by atoms with van der Waals surface area (Å²) in [5, 5.41) is 2.51. The molecule has 0 saturated heterocycles. The third kappa shape index (κ3) is 2.18. The van der Waals surface area contributed by atoms with Crippen molar-refractivity contribution in [2.45, 2.75) is 13.3 Å². The van der Waals surface area contributed by atoms with Crippen molar-refractivity contribution in [1.82, 2.24) is 4.98 Å². The Morgan fingerprint density at radius 2 is 1.75 bits per heavy atom. The Labute approximate surface area is 118 Å². The zero-order chi connectivity index (χ0) is 14.1. The van der Waals surface area contributed by atoms with Gasteiger partial charge in [0.15, 0.2) is 0 Å². The monoisotopic (exact) mass is 263 g/mol. The number of benzene rings is 2. The molecule has 0 unspecified atom stereocenters. The van der Waals surface area contributed by atoms with Crippen molar-refractivity contribution in [2.75, 3.05) is 11.5 Å². The van der Waals surface area contributed by atoms with E-state index in [1.54, 1.807) is 6.07 Å². The molecule has 0 spiro atoms. The summed E-state index contributed by atoms with van der Waals surface area (Å²) in [7, 11) is 0. The van der Waals surface area contributed by atoms with E-state index in [2.05, 4.69) is 48.3 Å². The van der Waals surface area contributed by atoms with Crippen molar-refractivity contribution in [1.29, 1.82) is 0 Å². The number of hydrogen-bond donors (Lipinski definition) is 2. The molecule has 4 N–H and O–H groups in total. The minimum Gasteiger partial charge on any atom is -0.384 e. The first kappa shape index (κ1) is 12.5. The second kappa shape index (κ2) is 4.85. The number of fused-ring (bicyclic) bond motifs is 1. The van der Waals surface area contributed by atoms with Crippen molar-refractivity contribution in [2.24, 2.45) is 0 Å². The highest BCUT2D eigenvalue weighted by Crippen LogP contribution is 2.26. The van der Waals surface area contributed by atoms with E-state index in [4.69, 9.17) is 11.5 Å². The van der Waals surface area contributed by atoms with E-state index in [9.17, 15) is 0 Å². The Morgan fingerprint density at radius 1 is 0.950 bits per heavy atom. The van der Waals surface area contributed by atoms with Gasteiger partial charge in [-0.15, -0.1) is 0 Å². The average molecular weight is 263 g/mol. The van der Waals surface area contributed by atoms with Crippen molar-refractivity contribution >= 4 is 22.4 Å². The molecule has 20 heavy (non-hydrogen) atoms. The number of pyridine rings is 1. The summed E-state index contributed by atoms with van der Waals surface area (Å²) in [6, 6.07) is 16.5. The predicted octanol–water partition coefficient (Wildman–Crippen LogP) is 3.30. The summed E-state index contributed by atoms with van der Waals surface area (Å²) < 4.78 is 0. The molecule has 0 aliphatic heterocycles. The van der Waals surface area contributed by atoms with Gasteiger partial charge < -0.3 is 11.5 Å². The lowest BCUT2D eigenvalue weighted by atomic mass is 9.94. The van der Waals surface area contributed by atoms with Crippen LogP contribution in [0.1, 0.15) is 16.7 Å². The lowest BCUT2D eigenvalue weighted by Gasteiger charge is -2.12. The molecule has 0 aliphatic carbocycles. The largest absolute Gasteiger partial charge is 0.384 e. The van der Waals surface area contributed by atoms with Gasteiger partial charge in [-0.25, -0.2) is 4.98 Å². The Kier molecular flexibility index (Phi) is 3.03. The van der Waals surface area contributed by atoms with Gasteiger partial charge in [0.1, 0.15) is 11.6 Å². The lowest BCUT2D eigenvalue weighted by molar-refractivity contribution is 1.15. The molecule has 0 aliphatic rings. The van der Waals surface area contributed by atoms with E-state index < -0.39 is 0 Å². The summed E-state index contributed by atoms with van der Waals surface area (Å²) in [5.41, 5.74) is 15.2. The molecule has 0 saturated carbocycles. The molecular formula is C17H17N3. The quantitative estimate of drug-likeness (QED) is 0.745. The summed E-state index contributed by atoms with van der Waals surface area (Å²) in [6.07, 6.45) is 0.770. The highest BCUT2D eigenvalue weighted by atomic mass is 14.9. The van der Waals surface area contributed by atoms with Gasteiger partial charge in [0, 0.05) is 6.42 Å². The van der Waals surface area contributed by atoms with E-state index in [0.29, 0.717) is 11.6 Å². The first-order chi connectivity index (χ1) is 9.65. The minimum atomic E-state index is 0.459. The van der Waals surface area contributed by atoms with Crippen LogP contribution in [0, 0.1) is 6.92 Å². The van der Waals surface area contributed by atoms with Gasteiger partial charge in [0.25, 0.3) is 0 Å². The number of nitrogens with two attached hydrogens (primary N) is 2. The standard InChI is InChI=1S/C17H17N3/c1-11-6-7-12-4-2-3-5-14(12)15(11)10-13-8-9-16(18)20-17(13)19/h2-9H,10H2,1H3,(H4,18,19,20). The highest BCUT2D eigenvalue weighted by Gasteiger charge is 2.08. The smallest absolute Gasteiger partial charge is 0.129 e. The molecular weight excluding hydrogens is 246 g/mol. The lowest BCUT2D eigenvalue weighted by Crippen LogP contribution is -2.02. The Bertz CT molecular complexity index is 778. The summed E-state index contributed by atoms with van der Waals surface area (Å²) in [6.45, 7) is 2.13. The van der Waals surface area contributed by atoms with Gasteiger partial charge in [0.2, 0.25) is 0 Å². The van der Waals surface area contributed by atoms with E-state index in [-0.39, 0.29) is 0 Å². The summed E-state index contributed by atoms with van der Waals surface area (Å²) in [5.74, 6) is 0.971. The van der Waals surface area contributed by atoms with E-state index >= 15 is 0 Å². The molecule has 3 nitrogen and oxygen atoms in total. The molecule has 0 amide bonds. The molecule has 1 aromatic heterocycles. The fourth-order valence-corrected chi connectivity index (χ4v) is 2.54. The van der Waals surface area contributed by atoms with Crippen LogP contribution in [-0.2, 0) is 6.42 Å². The van der Waals surface area contributed by atoms with E-state index in [0.717, 1.165) is 12.0 Å². The first-order valence-electron chi connectivity index (χ1n) is 6.63.